The van der Waals surface area contributed by atoms with Gasteiger partial charge in [-0.15, -0.1) is 11.3 Å². The van der Waals surface area contributed by atoms with E-state index in [0.717, 1.165) is 21.9 Å². The molecule has 0 saturated carbocycles. The van der Waals surface area contributed by atoms with Gasteiger partial charge in [-0.05, 0) is 66.4 Å². The van der Waals surface area contributed by atoms with Gasteiger partial charge in [0.25, 0.3) is 11.7 Å². The van der Waals surface area contributed by atoms with Gasteiger partial charge in [0.15, 0.2) is 0 Å². The van der Waals surface area contributed by atoms with E-state index >= 15 is 0 Å². The molecule has 2 aliphatic heterocycles. The van der Waals surface area contributed by atoms with Crippen LogP contribution in [0.15, 0.2) is 59.5 Å². The van der Waals surface area contributed by atoms with Gasteiger partial charge >= 0.3 is 0 Å². The fourth-order valence-electron chi connectivity index (χ4n) is 4.41. The highest BCUT2D eigenvalue weighted by atomic mass is 32.1. The van der Waals surface area contributed by atoms with Gasteiger partial charge in [-0.25, -0.2) is 0 Å². The quantitative estimate of drug-likeness (QED) is 0.339. The largest absolute Gasteiger partial charge is 0.507 e. The molecule has 1 aromatic heterocycles. The lowest BCUT2D eigenvalue weighted by Crippen LogP contribution is -2.29. The molecule has 3 heterocycles. The Morgan fingerprint density at radius 3 is 2.59 bits per heavy atom. The summed E-state index contributed by atoms with van der Waals surface area (Å²) in [5.74, 6) is -0.232. The zero-order chi connectivity index (χ0) is 24.0. The van der Waals surface area contributed by atoms with Crippen molar-refractivity contribution >= 4 is 40.2 Å². The van der Waals surface area contributed by atoms with E-state index < -0.39 is 17.7 Å². The van der Waals surface area contributed by atoms with Crippen molar-refractivity contribution in [2.24, 2.45) is 0 Å². The predicted molar refractivity (Wildman–Crippen MR) is 132 cm³/mol. The maximum absolute atomic E-state index is 13.3. The topological polar surface area (TPSA) is 79.3 Å². The Morgan fingerprint density at radius 1 is 1.15 bits per heavy atom. The lowest BCUT2D eigenvalue weighted by Gasteiger charge is -2.28. The minimum atomic E-state index is -0.738. The number of hydrogen-bond acceptors (Lipinski definition) is 7. The summed E-state index contributed by atoms with van der Waals surface area (Å²) in [6, 6.07) is 13.5. The molecule has 0 aliphatic carbocycles. The van der Waals surface area contributed by atoms with Crippen molar-refractivity contribution in [3.8, 4) is 11.5 Å². The molecule has 1 atom stereocenters. The van der Waals surface area contributed by atoms with Crippen LogP contribution in [0.5, 0.6) is 11.5 Å². The van der Waals surface area contributed by atoms with Crippen molar-refractivity contribution in [2.75, 3.05) is 37.1 Å². The first-order chi connectivity index (χ1) is 16.4. The Morgan fingerprint density at radius 2 is 1.91 bits per heavy atom. The number of rotatable bonds is 4. The number of aliphatic hydroxyl groups excluding tert-OH is 1. The van der Waals surface area contributed by atoms with Crippen LogP contribution < -0.4 is 19.3 Å². The molecule has 7 nitrogen and oxygen atoms in total. The van der Waals surface area contributed by atoms with E-state index in [-0.39, 0.29) is 11.3 Å². The number of nitrogens with zero attached hydrogens (tertiary/aromatic N) is 2. The summed E-state index contributed by atoms with van der Waals surface area (Å²) in [7, 11) is 3.51. The molecule has 34 heavy (non-hydrogen) atoms. The van der Waals surface area contributed by atoms with Crippen molar-refractivity contribution in [1.82, 2.24) is 0 Å². The van der Waals surface area contributed by atoms with Crippen LogP contribution in [0.1, 0.15) is 22.0 Å². The van der Waals surface area contributed by atoms with Crippen LogP contribution in [-0.2, 0) is 9.59 Å². The third-order valence-electron chi connectivity index (χ3n) is 6.27. The second-order valence-electron chi connectivity index (χ2n) is 8.29. The van der Waals surface area contributed by atoms with E-state index in [4.69, 9.17) is 9.47 Å². The van der Waals surface area contributed by atoms with Crippen LogP contribution in [0.25, 0.3) is 5.76 Å². The number of amides is 1. The lowest BCUT2D eigenvalue weighted by molar-refractivity contribution is -0.132. The van der Waals surface area contributed by atoms with Crippen molar-refractivity contribution in [3.63, 3.8) is 0 Å². The monoisotopic (exact) mass is 476 g/mol. The Labute approximate surface area is 201 Å². The van der Waals surface area contributed by atoms with Gasteiger partial charge in [0.1, 0.15) is 29.9 Å². The fourth-order valence-corrected chi connectivity index (χ4v) is 5.43. The van der Waals surface area contributed by atoms with Crippen LogP contribution in [-0.4, -0.2) is 44.1 Å². The average Bonchev–Trinajstić information content (AvgIpc) is 3.39. The number of ether oxygens (including phenoxy) is 2. The van der Waals surface area contributed by atoms with Crippen LogP contribution in [0.3, 0.4) is 0 Å². The maximum Gasteiger partial charge on any atom is 0.300 e. The molecule has 174 valence electrons. The molecule has 1 saturated heterocycles. The summed E-state index contributed by atoms with van der Waals surface area (Å²) >= 11 is 1.45. The first kappa shape index (κ1) is 22.0. The van der Waals surface area contributed by atoms with E-state index in [0.29, 0.717) is 30.2 Å². The number of anilines is 2. The third-order valence-corrected chi connectivity index (χ3v) is 7.34. The Bertz CT molecular complexity index is 1310. The number of carbonyl (C=O) groups excluding carboxylic acids is 2. The minimum Gasteiger partial charge on any atom is -0.507 e. The second-order valence-corrected chi connectivity index (χ2v) is 9.24. The summed E-state index contributed by atoms with van der Waals surface area (Å²) in [5, 5.41) is 13.3. The normalized spacial score (nSPS) is 19.2. The van der Waals surface area contributed by atoms with Crippen molar-refractivity contribution in [1.29, 1.82) is 0 Å². The number of ketones is 1. The number of benzene rings is 2. The number of hydrogen-bond donors (Lipinski definition) is 1. The Hall–Kier alpha value is -3.78. The number of fused-ring (bicyclic) bond motifs is 1. The number of methoxy groups -OCH3 is 1. The molecule has 1 fully saturated rings. The van der Waals surface area contributed by atoms with E-state index in [1.807, 2.05) is 30.3 Å². The number of thiophene rings is 1. The van der Waals surface area contributed by atoms with Gasteiger partial charge < -0.3 is 19.5 Å². The molecule has 0 spiro atoms. The number of aryl methyl sites for hydroxylation is 1. The molecule has 1 unspecified atom stereocenters. The molecule has 5 rings (SSSR count). The van der Waals surface area contributed by atoms with Crippen molar-refractivity contribution in [2.45, 2.75) is 13.0 Å². The number of likely N-dealkylation sites (N-methyl/N-ethyl adjacent to an activating group) is 1. The average molecular weight is 477 g/mol. The zero-order valence-electron chi connectivity index (χ0n) is 19.1. The van der Waals surface area contributed by atoms with Gasteiger partial charge in [0.05, 0.1) is 24.9 Å². The molecule has 1 amide bonds. The molecule has 0 bridgehead atoms. The van der Waals surface area contributed by atoms with E-state index in [1.54, 1.807) is 49.6 Å². The molecule has 8 heteroatoms. The van der Waals surface area contributed by atoms with Gasteiger partial charge in [-0.3, -0.25) is 14.5 Å². The fraction of sp³-hybridized carbons (Fsp3) is 0.231. The summed E-state index contributed by atoms with van der Waals surface area (Å²) in [6.45, 7) is 3.23. The molecular weight excluding hydrogens is 452 g/mol. The van der Waals surface area contributed by atoms with Gasteiger partial charge in [0.2, 0.25) is 0 Å². The molecule has 2 aliphatic rings. The first-order valence-electron chi connectivity index (χ1n) is 10.9. The summed E-state index contributed by atoms with van der Waals surface area (Å²) in [4.78, 5) is 30.9. The number of Topliss-reactive ketones (excluding diaryl/α,β-unsaturated/α-hetero) is 1. The molecule has 2 aromatic carbocycles. The smallest absolute Gasteiger partial charge is 0.300 e. The molecule has 1 N–H and O–H groups in total. The van der Waals surface area contributed by atoms with Crippen molar-refractivity contribution in [3.05, 3.63) is 75.5 Å². The summed E-state index contributed by atoms with van der Waals surface area (Å²) in [6.07, 6.45) is 0. The third kappa shape index (κ3) is 3.51. The first-order valence-corrected chi connectivity index (χ1v) is 11.8. The maximum atomic E-state index is 13.3. The SMILES string of the molecule is COc1ccc(N2C(=O)C(=O)/C(=C(\O)c3ccc4c(c3)N(C)CCO4)C2c2sccc2C)cc1. The highest BCUT2D eigenvalue weighted by Crippen LogP contribution is 2.45. The van der Waals surface area contributed by atoms with E-state index in [2.05, 4.69) is 0 Å². The van der Waals surface area contributed by atoms with Crippen LogP contribution >= 0.6 is 11.3 Å². The molecular formula is C26H24N2O5S. The second kappa shape index (κ2) is 8.53. The zero-order valence-corrected chi connectivity index (χ0v) is 19.9. The number of aliphatic hydroxyl groups is 1. The van der Waals surface area contributed by atoms with Crippen LogP contribution in [0.2, 0.25) is 0 Å². The lowest BCUT2D eigenvalue weighted by atomic mass is 9.97. The minimum absolute atomic E-state index is 0.0747. The summed E-state index contributed by atoms with van der Waals surface area (Å²) in [5.41, 5.74) is 2.86. The van der Waals surface area contributed by atoms with Gasteiger partial charge in [-0.2, -0.15) is 0 Å². The number of carbonyl (C=O) groups is 2. The van der Waals surface area contributed by atoms with Gasteiger partial charge in [-0.1, -0.05) is 0 Å². The van der Waals surface area contributed by atoms with Crippen LogP contribution in [0.4, 0.5) is 11.4 Å². The Balaban J connectivity index is 1.68. The van der Waals surface area contributed by atoms with Crippen LogP contribution in [0, 0.1) is 6.92 Å². The standard InChI is InChI=1S/C26H24N2O5S/c1-15-10-13-34-25(15)22-21(23(29)16-4-9-20-19(14-16)27(2)11-12-33-20)24(30)26(31)28(22)17-5-7-18(32-3)8-6-17/h4-10,13-14,22,29H,11-12H2,1-3H3/b23-21-. The van der Waals surface area contributed by atoms with Gasteiger partial charge in [0, 0.05) is 23.2 Å². The summed E-state index contributed by atoms with van der Waals surface area (Å²) < 4.78 is 10.9. The highest BCUT2D eigenvalue weighted by Gasteiger charge is 2.48. The predicted octanol–water partition coefficient (Wildman–Crippen LogP) is 4.52. The highest BCUT2D eigenvalue weighted by molar-refractivity contribution is 7.10. The van der Waals surface area contributed by atoms with Crippen molar-refractivity contribution < 1.29 is 24.2 Å². The van der Waals surface area contributed by atoms with E-state index in [9.17, 15) is 14.7 Å². The van der Waals surface area contributed by atoms with E-state index in [1.165, 1.54) is 16.2 Å². The Kier molecular flexibility index (Phi) is 5.53. The molecule has 3 aromatic rings. The molecule has 0 radical (unpaired) electrons.